The summed E-state index contributed by atoms with van der Waals surface area (Å²) < 4.78 is 10.5. The lowest BCUT2D eigenvalue weighted by Crippen LogP contribution is -2.47. The number of aryl methyl sites for hydroxylation is 1. The number of rotatable bonds is 6. The van der Waals surface area contributed by atoms with Crippen LogP contribution in [0, 0.1) is 6.92 Å². The van der Waals surface area contributed by atoms with Crippen LogP contribution in [0.1, 0.15) is 16.3 Å². The van der Waals surface area contributed by atoms with Crippen LogP contribution in [0.25, 0.3) is 6.08 Å². The van der Waals surface area contributed by atoms with Gasteiger partial charge in [-0.2, -0.15) is 0 Å². The van der Waals surface area contributed by atoms with Gasteiger partial charge in [0.25, 0.3) is 0 Å². The first-order chi connectivity index (χ1) is 13.1. The maximum atomic E-state index is 12.5. The minimum absolute atomic E-state index is 0.0366. The van der Waals surface area contributed by atoms with Gasteiger partial charge in [0, 0.05) is 43.3 Å². The van der Waals surface area contributed by atoms with Gasteiger partial charge in [-0.15, -0.1) is 11.3 Å². The molecule has 1 saturated heterocycles. The van der Waals surface area contributed by atoms with Gasteiger partial charge in [-0.3, -0.25) is 9.69 Å². The molecule has 2 heterocycles. The maximum Gasteiger partial charge on any atom is 0.246 e. The number of nitrogens with zero attached hydrogens (tertiary/aromatic N) is 3. The topological polar surface area (TPSA) is 54.9 Å². The number of ether oxygens (including phenoxy) is 2. The summed E-state index contributed by atoms with van der Waals surface area (Å²) in [5.74, 6) is 1.36. The van der Waals surface area contributed by atoms with Crippen molar-refractivity contribution in [2.75, 3.05) is 40.4 Å². The minimum Gasteiger partial charge on any atom is -0.493 e. The molecule has 0 bridgehead atoms. The second kappa shape index (κ2) is 9.01. The zero-order valence-corrected chi connectivity index (χ0v) is 16.8. The van der Waals surface area contributed by atoms with E-state index in [0.717, 1.165) is 49.0 Å². The number of benzene rings is 1. The molecule has 3 rings (SSSR count). The first-order valence-corrected chi connectivity index (χ1v) is 9.79. The van der Waals surface area contributed by atoms with Crippen LogP contribution in [0.3, 0.4) is 0 Å². The summed E-state index contributed by atoms with van der Waals surface area (Å²) in [6, 6.07) is 5.59. The lowest BCUT2D eigenvalue weighted by molar-refractivity contribution is -0.127. The van der Waals surface area contributed by atoms with Gasteiger partial charge in [0.05, 0.1) is 20.8 Å². The number of carbonyl (C=O) groups is 1. The lowest BCUT2D eigenvalue weighted by Gasteiger charge is -2.33. The lowest BCUT2D eigenvalue weighted by atomic mass is 10.2. The highest BCUT2D eigenvalue weighted by Crippen LogP contribution is 2.28. The Labute approximate surface area is 164 Å². The fourth-order valence-electron chi connectivity index (χ4n) is 3.02. The molecule has 2 aromatic rings. The molecule has 0 saturated carbocycles. The average Bonchev–Trinajstić information content (AvgIpc) is 3.11. The third kappa shape index (κ3) is 5.08. The molecule has 1 aromatic carbocycles. The van der Waals surface area contributed by atoms with E-state index in [-0.39, 0.29) is 5.91 Å². The zero-order chi connectivity index (χ0) is 19.2. The molecular formula is C20H25N3O3S. The normalized spacial score (nSPS) is 15.3. The van der Waals surface area contributed by atoms with E-state index in [9.17, 15) is 4.79 Å². The number of methoxy groups -OCH3 is 2. The van der Waals surface area contributed by atoms with Gasteiger partial charge in [-0.25, -0.2) is 4.98 Å². The Hall–Kier alpha value is -2.38. The third-order valence-electron chi connectivity index (χ3n) is 4.54. The van der Waals surface area contributed by atoms with Gasteiger partial charge < -0.3 is 14.4 Å². The van der Waals surface area contributed by atoms with Crippen LogP contribution >= 0.6 is 11.3 Å². The number of piperazine rings is 1. The number of hydrogen-bond acceptors (Lipinski definition) is 6. The summed E-state index contributed by atoms with van der Waals surface area (Å²) in [6.45, 7) is 6.09. The highest BCUT2D eigenvalue weighted by atomic mass is 32.1. The third-order valence-corrected chi connectivity index (χ3v) is 5.49. The molecule has 1 amide bonds. The molecule has 0 N–H and O–H groups in total. The Bertz CT molecular complexity index is 811. The van der Waals surface area contributed by atoms with E-state index >= 15 is 0 Å². The van der Waals surface area contributed by atoms with Crippen molar-refractivity contribution >= 4 is 23.3 Å². The van der Waals surface area contributed by atoms with Gasteiger partial charge in [0.1, 0.15) is 5.01 Å². The first-order valence-electron chi connectivity index (χ1n) is 8.91. The molecule has 6 nitrogen and oxygen atoms in total. The van der Waals surface area contributed by atoms with E-state index in [1.165, 1.54) is 0 Å². The van der Waals surface area contributed by atoms with Gasteiger partial charge in [-0.1, -0.05) is 6.07 Å². The molecule has 1 aliphatic rings. The SMILES string of the molecule is COc1ccc(/C=C/C(=O)N2CCN(Cc3nc(C)cs3)CC2)cc1OC. The van der Waals surface area contributed by atoms with Gasteiger partial charge in [0.2, 0.25) is 5.91 Å². The summed E-state index contributed by atoms with van der Waals surface area (Å²) in [6.07, 6.45) is 3.44. The molecule has 0 radical (unpaired) electrons. The highest BCUT2D eigenvalue weighted by molar-refractivity contribution is 7.09. The van der Waals surface area contributed by atoms with E-state index in [1.54, 1.807) is 31.6 Å². The van der Waals surface area contributed by atoms with Gasteiger partial charge in [-0.05, 0) is 30.7 Å². The molecular weight excluding hydrogens is 362 g/mol. The Morgan fingerprint density at radius 2 is 1.93 bits per heavy atom. The summed E-state index contributed by atoms with van der Waals surface area (Å²) in [4.78, 5) is 21.2. The first kappa shape index (κ1) is 19.4. The van der Waals surface area contributed by atoms with Crippen molar-refractivity contribution in [3.05, 3.63) is 45.9 Å². The summed E-state index contributed by atoms with van der Waals surface area (Å²) in [5, 5.41) is 3.22. The summed E-state index contributed by atoms with van der Waals surface area (Å²) >= 11 is 1.70. The predicted octanol–water partition coefficient (Wildman–Crippen LogP) is 2.83. The second-order valence-electron chi connectivity index (χ2n) is 6.43. The van der Waals surface area contributed by atoms with Crippen molar-refractivity contribution in [3.8, 4) is 11.5 Å². The van der Waals surface area contributed by atoms with Crippen LogP contribution in [-0.2, 0) is 11.3 Å². The number of amides is 1. The summed E-state index contributed by atoms with van der Waals surface area (Å²) in [7, 11) is 3.20. The molecule has 0 spiro atoms. The molecule has 1 aromatic heterocycles. The molecule has 144 valence electrons. The van der Waals surface area contributed by atoms with Crippen molar-refractivity contribution < 1.29 is 14.3 Å². The van der Waals surface area contributed by atoms with Crippen molar-refractivity contribution in [1.82, 2.24) is 14.8 Å². The molecule has 0 atom stereocenters. The zero-order valence-electron chi connectivity index (χ0n) is 16.0. The van der Waals surface area contributed by atoms with Gasteiger partial charge >= 0.3 is 0 Å². The van der Waals surface area contributed by atoms with Gasteiger partial charge in [0.15, 0.2) is 11.5 Å². The van der Waals surface area contributed by atoms with Crippen molar-refractivity contribution in [3.63, 3.8) is 0 Å². The average molecular weight is 388 g/mol. The van der Waals surface area contributed by atoms with Crippen LogP contribution in [0.2, 0.25) is 0 Å². The number of thiazole rings is 1. The standard InChI is InChI=1S/C20H25N3O3S/c1-15-14-27-19(21-15)13-22-8-10-23(11-9-22)20(24)7-5-16-4-6-17(25-2)18(12-16)26-3/h4-7,12,14H,8-11,13H2,1-3H3/b7-5+. The fourth-order valence-corrected chi connectivity index (χ4v) is 3.84. The highest BCUT2D eigenvalue weighted by Gasteiger charge is 2.20. The van der Waals surface area contributed by atoms with E-state index in [1.807, 2.05) is 36.1 Å². The van der Waals surface area contributed by atoms with Crippen LogP contribution in [-0.4, -0.2) is 61.1 Å². The smallest absolute Gasteiger partial charge is 0.246 e. The van der Waals surface area contributed by atoms with E-state index < -0.39 is 0 Å². The van der Waals surface area contributed by atoms with E-state index in [0.29, 0.717) is 11.5 Å². The van der Waals surface area contributed by atoms with Crippen LogP contribution in [0.15, 0.2) is 29.7 Å². The molecule has 0 aliphatic carbocycles. The van der Waals surface area contributed by atoms with Crippen molar-refractivity contribution in [1.29, 1.82) is 0 Å². The second-order valence-corrected chi connectivity index (χ2v) is 7.37. The molecule has 1 aliphatic heterocycles. The number of hydrogen-bond donors (Lipinski definition) is 0. The monoisotopic (exact) mass is 387 g/mol. The Kier molecular flexibility index (Phi) is 6.47. The van der Waals surface area contributed by atoms with Crippen molar-refractivity contribution in [2.24, 2.45) is 0 Å². The number of carbonyl (C=O) groups excluding carboxylic acids is 1. The Morgan fingerprint density at radius 3 is 2.56 bits per heavy atom. The molecule has 1 fully saturated rings. The molecule has 27 heavy (non-hydrogen) atoms. The van der Waals surface area contributed by atoms with Crippen LogP contribution in [0.5, 0.6) is 11.5 Å². The molecule has 7 heteroatoms. The summed E-state index contributed by atoms with van der Waals surface area (Å²) in [5.41, 5.74) is 1.97. The van der Waals surface area contributed by atoms with Crippen molar-refractivity contribution in [2.45, 2.75) is 13.5 Å². The number of aromatic nitrogens is 1. The van der Waals surface area contributed by atoms with E-state index in [2.05, 4.69) is 15.3 Å². The minimum atomic E-state index is 0.0366. The maximum absolute atomic E-state index is 12.5. The molecule has 0 unspecified atom stereocenters. The quantitative estimate of drug-likeness (QED) is 0.714. The Balaban J connectivity index is 1.52. The Morgan fingerprint density at radius 1 is 1.19 bits per heavy atom. The largest absolute Gasteiger partial charge is 0.493 e. The predicted molar refractivity (Wildman–Crippen MR) is 107 cm³/mol. The van der Waals surface area contributed by atoms with Crippen LogP contribution < -0.4 is 9.47 Å². The van der Waals surface area contributed by atoms with E-state index in [4.69, 9.17) is 9.47 Å². The van der Waals surface area contributed by atoms with Crippen LogP contribution in [0.4, 0.5) is 0 Å². The fraction of sp³-hybridized carbons (Fsp3) is 0.400.